The van der Waals surface area contributed by atoms with Gasteiger partial charge in [-0.2, -0.15) is 0 Å². The molecule has 0 amide bonds. The fourth-order valence-corrected chi connectivity index (χ4v) is 2.88. The lowest BCUT2D eigenvalue weighted by Crippen LogP contribution is -2.48. The van der Waals surface area contributed by atoms with E-state index < -0.39 is 0 Å². The van der Waals surface area contributed by atoms with Crippen LogP contribution < -0.4 is 15.4 Å². The average molecular weight is 474 g/mol. The van der Waals surface area contributed by atoms with E-state index in [2.05, 4.69) is 33.6 Å². The Bertz CT molecular complexity index is 580. The zero-order valence-electron chi connectivity index (χ0n) is 15.7. The molecule has 0 bridgehead atoms. The standard InChI is InChI=1S/C19H30N4O2.HI/c1-20-19(22-12-17-13-23(2)9-10-24-17)21-11-16-5-3-4-6-18(16)25-14-15-7-8-15;/h3-6,15,17H,7-14H2,1-2H3,(H2,20,21,22);1H. The molecule has 0 aromatic heterocycles. The maximum atomic E-state index is 5.97. The third-order valence-electron chi connectivity index (χ3n) is 4.65. The number of para-hydroxylation sites is 1. The molecule has 1 unspecified atom stereocenters. The molecule has 1 aliphatic heterocycles. The third-order valence-corrected chi connectivity index (χ3v) is 4.65. The number of morpholine rings is 1. The third kappa shape index (κ3) is 6.92. The van der Waals surface area contributed by atoms with Crippen molar-refractivity contribution < 1.29 is 9.47 Å². The molecule has 1 aliphatic carbocycles. The zero-order chi connectivity index (χ0) is 17.5. The first-order valence-electron chi connectivity index (χ1n) is 9.20. The maximum Gasteiger partial charge on any atom is 0.191 e. The van der Waals surface area contributed by atoms with Crippen LogP contribution in [0, 0.1) is 5.92 Å². The molecule has 1 aromatic rings. The number of hydrogen-bond donors (Lipinski definition) is 2. The van der Waals surface area contributed by atoms with E-state index in [4.69, 9.17) is 9.47 Å². The first-order chi connectivity index (χ1) is 12.2. The fourth-order valence-electron chi connectivity index (χ4n) is 2.88. The van der Waals surface area contributed by atoms with E-state index in [1.54, 1.807) is 7.05 Å². The molecular formula is C19H31IN4O2. The number of halogens is 1. The van der Waals surface area contributed by atoms with E-state index in [-0.39, 0.29) is 30.1 Å². The summed E-state index contributed by atoms with van der Waals surface area (Å²) < 4.78 is 11.7. The number of nitrogens with zero attached hydrogens (tertiary/aromatic N) is 2. The van der Waals surface area contributed by atoms with Gasteiger partial charge >= 0.3 is 0 Å². The average Bonchev–Trinajstić information content (AvgIpc) is 3.45. The molecule has 2 N–H and O–H groups in total. The summed E-state index contributed by atoms with van der Waals surface area (Å²) in [4.78, 5) is 6.60. The summed E-state index contributed by atoms with van der Waals surface area (Å²) in [5, 5.41) is 6.73. The molecule has 26 heavy (non-hydrogen) atoms. The molecule has 0 spiro atoms. The molecule has 3 rings (SSSR count). The minimum atomic E-state index is 0. The van der Waals surface area contributed by atoms with Crippen LogP contribution in [0.1, 0.15) is 18.4 Å². The van der Waals surface area contributed by atoms with Gasteiger partial charge in [-0.05, 0) is 31.9 Å². The fraction of sp³-hybridized carbons (Fsp3) is 0.632. The molecule has 2 fully saturated rings. The van der Waals surface area contributed by atoms with Crippen LogP contribution in [0.15, 0.2) is 29.3 Å². The summed E-state index contributed by atoms with van der Waals surface area (Å²) in [5.41, 5.74) is 1.15. The molecule has 2 aliphatic rings. The lowest BCUT2D eigenvalue weighted by Gasteiger charge is -2.30. The lowest BCUT2D eigenvalue weighted by atomic mass is 10.2. The summed E-state index contributed by atoms with van der Waals surface area (Å²) in [6.45, 7) is 5.01. The molecule has 1 saturated heterocycles. The van der Waals surface area contributed by atoms with Crippen molar-refractivity contribution in [3.63, 3.8) is 0 Å². The van der Waals surface area contributed by atoms with E-state index in [1.165, 1.54) is 12.8 Å². The number of aliphatic imine (C=N–C) groups is 1. The van der Waals surface area contributed by atoms with Crippen molar-refractivity contribution in [1.29, 1.82) is 0 Å². The van der Waals surface area contributed by atoms with Crippen LogP contribution in [0.5, 0.6) is 5.75 Å². The van der Waals surface area contributed by atoms with E-state index in [1.807, 2.05) is 18.2 Å². The quantitative estimate of drug-likeness (QED) is 0.360. The van der Waals surface area contributed by atoms with Gasteiger partial charge in [-0.1, -0.05) is 18.2 Å². The van der Waals surface area contributed by atoms with Crippen molar-refractivity contribution in [3.8, 4) is 5.75 Å². The van der Waals surface area contributed by atoms with Crippen molar-refractivity contribution in [2.24, 2.45) is 10.9 Å². The second-order valence-corrected chi connectivity index (χ2v) is 6.92. The van der Waals surface area contributed by atoms with Gasteiger partial charge in [0.05, 0.1) is 19.3 Å². The SMILES string of the molecule is CN=C(NCc1ccccc1OCC1CC1)NCC1CN(C)CCO1.I. The first kappa shape index (κ1) is 21.2. The van der Waals surface area contributed by atoms with Crippen LogP contribution in [0.25, 0.3) is 0 Å². The number of benzene rings is 1. The molecular weight excluding hydrogens is 443 g/mol. The van der Waals surface area contributed by atoms with Gasteiger partial charge in [0, 0.05) is 38.8 Å². The van der Waals surface area contributed by atoms with Gasteiger partial charge in [0.25, 0.3) is 0 Å². The Labute approximate surface area is 173 Å². The summed E-state index contributed by atoms with van der Waals surface area (Å²) in [7, 11) is 3.92. The van der Waals surface area contributed by atoms with Crippen molar-refractivity contribution >= 4 is 29.9 Å². The van der Waals surface area contributed by atoms with Crippen LogP contribution in [-0.4, -0.2) is 63.9 Å². The maximum absolute atomic E-state index is 5.97. The summed E-state index contributed by atoms with van der Waals surface area (Å²) in [6.07, 6.45) is 2.80. The highest BCUT2D eigenvalue weighted by atomic mass is 127. The summed E-state index contributed by atoms with van der Waals surface area (Å²) in [6, 6.07) is 8.21. The van der Waals surface area contributed by atoms with Gasteiger partial charge in [-0.15, -0.1) is 24.0 Å². The molecule has 1 aromatic carbocycles. The highest BCUT2D eigenvalue weighted by molar-refractivity contribution is 14.0. The van der Waals surface area contributed by atoms with Gasteiger partial charge < -0.3 is 25.0 Å². The Morgan fingerprint density at radius 2 is 2.12 bits per heavy atom. The Balaban J connectivity index is 0.00000243. The minimum absolute atomic E-state index is 0. The van der Waals surface area contributed by atoms with Gasteiger partial charge in [0.15, 0.2) is 5.96 Å². The van der Waals surface area contributed by atoms with Crippen LogP contribution in [-0.2, 0) is 11.3 Å². The molecule has 1 saturated carbocycles. The molecule has 146 valence electrons. The summed E-state index contributed by atoms with van der Waals surface area (Å²) >= 11 is 0. The largest absolute Gasteiger partial charge is 0.493 e. The number of nitrogens with one attached hydrogen (secondary N) is 2. The Hall–Kier alpha value is -1.06. The summed E-state index contributed by atoms with van der Waals surface area (Å²) in [5.74, 6) is 2.51. The number of hydrogen-bond acceptors (Lipinski definition) is 4. The smallest absolute Gasteiger partial charge is 0.191 e. The first-order valence-corrected chi connectivity index (χ1v) is 9.20. The van der Waals surface area contributed by atoms with Gasteiger partial charge in [0.2, 0.25) is 0 Å². The van der Waals surface area contributed by atoms with Gasteiger partial charge in [-0.25, -0.2) is 0 Å². The van der Waals surface area contributed by atoms with E-state index in [0.29, 0.717) is 6.54 Å². The lowest BCUT2D eigenvalue weighted by molar-refractivity contribution is -0.0161. The van der Waals surface area contributed by atoms with E-state index >= 15 is 0 Å². The Morgan fingerprint density at radius 1 is 1.31 bits per heavy atom. The van der Waals surface area contributed by atoms with Crippen LogP contribution in [0.2, 0.25) is 0 Å². The molecule has 1 heterocycles. The van der Waals surface area contributed by atoms with E-state index in [9.17, 15) is 0 Å². The topological polar surface area (TPSA) is 58.1 Å². The van der Waals surface area contributed by atoms with Crippen LogP contribution in [0.3, 0.4) is 0 Å². The predicted molar refractivity (Wildman–Crippen MR) is 116 cm³/mol. The minimum Gasteiger partial charge on any atom is -0.493 e. The van der Waals surface area contributed by atoms with Gasteiger partial charge in [-0.3, -0.25) is 4.99 Å². The molecule has 0 radical (unpaired) electrons. The van der Waals surface area contributed by atoms with Crippen molar-refractivity contribution in [2.45, 2.75) is 25.5 Å². The zero-order valence-corrected chi connectivity index (χ0v) is 18.1. The number of ether oxygens (including phenoxy) is 2. The van der Waals surface area contributed by atoms with Crippen molar-refractivity contribution in [2.75, 3.05) is 46.9 Å². The second-order valence-electron chi connectivity index (χ2n) is 6.92. The highest BCUT2D eigenvalue weighted by Crippen LogP contribution is 2.30. The van der Waals surface area contributed by atoms with Crippen molar-refractivity contribution in [1.82, 2.24) is 15.5 Å². The van der Waals surface area contributed by atoms with Gasteiger partial charge in [0.1, 0.15) is 5.75 Å². The molecule has 6 nitrogen and oxygen atoms in total. The number of rotatable bonds is 7. The molecule has 1 atom stereocenters. The number of guanidine groups is 1. The van der Waals surface area contributed by atoms with Crippen molar-refractivity contribution in [3.05, 3.63) is 29.8 Å². The predicted octanol–water partition coefficient (Wildman–Crippen LogP) is 2.09. The number of likely N-dealkylation sites (N-methyl/N-ethyl adjacent to an activating group) is 1. The second kappa shape index (κ2) is 10.9. The Kier molecular flexibility index (Phi) is 8.94. The molecule has 7 heteroatoms. The monoisotopic (exact) mass is 474 g/mol. The van der Waals surface area contributed by atoms with Crippen LogP contribution in [0.4, 0.5) is 0 Å². The van der Waals surface area contributed by atoms with E-state index in [0.717, 1.165) is 56.0 Å². The van der Waals surface area contributed by atoms with Crippen LogP contribution >= 0.6 is 24.0 Å². The highest BCUT2D eigenvalue weighted by Gasteiger charge is 2.22. The normalized spacial score (nSPS) is 21.0. The Morgan fingerprint density at radius 3 is 2.85 bits per heavy atom.